The monoisotopic (exact) mass is 514 g/mol. The van der Waals surface area contributed by atoms with Crippen molar-refractivity contribution in [2.75, 3.05) is 20.6 Å². The highest BCUT2D eigenvalue weighted by atomic mass is 19.4. The van der Waals surface area contributed by atoms with Gasteiger partial charge < -0.3 is 25.2 Å². The fourth-order valence-electron chi connectivity index (χ4n) is 6.31. The lowest BCUT2D eigenvalue weighted by atomic mass is 9.53. The summed E-state index contributed by atoms with van der Waals surface area (Å²) in [6.07, 6.45) is 3.32. The Labute approximate surface area is 213 Å². The molecule has 6 rings (SSSR count). The first kappa shape index (κ1) is 25.4. The van der Waals surface area contributed by atoms with E-state index in [0.717, 1.165) is 31.5 Å². The number of aromatic hydroxyl groups is 1. The number of hydrogen-bond donors (Lipinski definition) is 3. The number of phenols is 1. The molecule has 1 saturated heterocycles. The molecule has 2 heterocycles. The van der Waals surface area contributed by atoms with E-state index in [1.54, 1.807) is 6.07 Å². The fraction of sp³-hybridized carbons (Fsp3) is 0.393. The smallest absolute Gasteiger partial charge is 0.416 e. The maximum atomic E-state index is 12.3. The minimum Gasteiger partial charge on any atom is -0.504 e. The van der Waals surface area contributed by atoms with Gasteiger partial charge in [0.1, 0.15) is 12.2 Å². The summed E-state index contributed by atoms with van der Waals surface area (Å²) in [7, 11) is 3.63. The topological polar surface area (TPSA) is 82.0 Å². The average Bonchev–Trinajstić information content (AvgIpc) is 3.23. The standard InChI is InChI=1S/C17H19NO3.C11H10F3NO/c1-18-7-6-17-10-3-5-13(20)16(17)21-15-12(19)4-2-9(14(15)17)8-11(10)18;1-15-10(16)6-5-8-3-2-4-9(7-8)11(12,13)14/h2-5,10-11,13,16,19-20H,6-8H2,1H3;2-7H,1H3,(H,15,16)/t10-,11+,13-,16-,17-;/m0./s1. The molecule has 1 amide bonds. The van der Waals surface area contributed by atoms with Crippen molar-refractivity contribution in [1.29, 1.82) is 0 Å². The molecule has 9 heteroatoms. The molecule has 2 aliphatic heterocycles. The number of aliphatic hydroxyl groups is 1. The van der Waals surface area contributed by atoms with E-state index in [1.165, 1.54) is 42.5 Å². The van der Waals surface area contributed by atoms with E-state index in [2.05, 4.69) is 23.3 Å². The number of nitrogens with zero attached hydrogens (tertiary/aromatic N) is 1. The van der Waals surface area contributed by atoms with Crippen LogP contribution in [0.3, 0.4) is 0 Å². The Kier molecular flexibility index (Phi) is 6.32. The van der Waals surface area contributed by atoms with Gasteiger partial charge >= 0.3 is 6.18 Å². The third-order valence-electron chi connectivity index (χ3n) is 8.04. The molecule has 1 spiro atoms. The third kappa shape index (κ3) is 4.20. The predicted octanol–water partition coefficient (Wildman–Crippen LogP) is 3.66. The molecule has 0 unspecified atom stereocenters. The molecule has 0 radical (unpaired) electrons. The molecular formula is C28H29F3N2O4. The van der Waals surface area contributed by atoms with Gasteiger partial charge in [-0.3, -0.25) is 4.79 Å². The largest absolute Gasteiger partial charge is 0.504 e. The molecule has 2 aliphatic carbocycles. The zero-order chi connectivity index (χ0) is 26.5. The Hall–Kier alpha value is -3.30. The SMILES string of the molecule is CN1CC[C@]23c4c5ccc(O)c4O[C@H]2[C@@H](O)C=C[C@H]3[C@H]1C5.CNC(=O)C=Cc1cccc(C(F)(F)F)c1. The number of ether oxygens (including phenoxy) is 1. The average molecular weight is 515 g/mol. The number of carbonyl (C=O) groups is 1. The van der Waals surface area contributed by atoms with Gasteiger partial charge in [-0.05, 0) is 61.8 Å². The Bertz CT molecular complexity index is 1270. The number of benzene rings is 2. The minimum absolute atomic E-state index is 0.160. The second-order valence-corrected chi connectivity index (χ2v) is 10.0. The normalized spacial score (nSPS) is 29.2. The van der Waals surface area contributed by atoms with Gasteiger partial charge in [-0.2, -0.15) is 13.2 Å². The summed E-state index contributed by atoms with van der Waals surface area (Å²) < 4.78 is 43.1. The number of phenolic OH excluding ortho intramolecular Hbond substituents is 1. The summed E-state index contributed by atoms with van der Waals surface area (Å²) in [5, 5.41) is 23.0. The van der Waals surface area contributed by atoms with Crippen LogP contribution in [0.1, 0.15) is 28.7 Å². The number of alkyl halides is 3. The lowest BCUT2D eigenvalue weighted by Crippen LogP contribution is -2.64. The summed E-state index contributed by atoms with van der Waals surface area (Å²) in [4.78, 5) is 13.3. The van der Waals surface area contributed by atoms with Crippen molar-refractivity contribution in [1.82, 2.24) is 10.2 Å². The molecule has 37 heavy (non-hydrogen) atoms. The molecule has 5 atom stereocenters. The van der Waals surface area contributed by atoms with Gasteiger partial charge in [0.15, 0.2) is 11.5 Å². The summed E-state index contributed by atoms with van der Waals surface area (Å²) in [6.45, 7) is 1.01. The molecule has 2 aromatic carbocycles. The molecule has 6 nitrogen and oxygen atoms in total. The number of piperidine rings is 1. The number of carbonyl (C=O) groups excluding carboxylic acids is 1. The van der Waals surface area contributed by atoms with Gasteiger partial charge in [0.05, 0.1) is 5.56 Å². The van der Waals surface area contributed by atoms with Crippen molar-refractivity contribution < 1.29 is 32.9 Å². The van der Waals surface area contributed by atoms with Crippen molar-refractivity contribution in [2.24, 2.45) is 5.92 Å². The number of likely N-dealkylation sites (N-methyl/N-ethyl adjacent to an activating group) is 2. The van der Waals surface area contributed by atoms with Gasteiger partial charge in [-0.25, -0.2) is 0 Å². The Balaban J connectivity index is 0.000000159. The molecule has 2 aromatic rings. The Morgan fingerprint density at radius 1 is 1.24 bits per heavy atom. The number of halogens is 3. The number of likely N-dealkylation sites (tertiary alicyclic amines) is 1. The van der Waals surface area contributed by atoms with E-state index in [1.807, 2.05) is 12.1 Å². The van der Waals surface area contributed by atoms with E-state index in [4.69, 9.17) is 4.74 Å². The lowest BCUT2D eigenvalue weighted by molar-refractivity contribution is -0.137. The molecule has 3 N–H and O–H groups in total. The van der Waals surface area contributed by atoms with Crippen molar-refractivity contribution >= 4 is 12.0 Å². The van der Waals surface area contributed by atoms with E-state index in [9.17, 15) is 28.2 Å². The van der Waals surface area contributed by atoms with Gasteiger partial charge in [0, 0.05) is 36.1 Å². The number of hydrogen-bond acceptors (Lipinski definition) is 5. The Morgan fingerprint density at radius 2 is 2.03 bits per heavy atom. The van der Waals surface area contributed by atoms with E-state index < -0.39 is 17.8 Å². The van der Waals surface area contributed by atoms with Crippen LogP contribution in [-0.2, 0) is 22.8 Å². The highest BCUT2D eigenvalue weighted by molar-refractivity contribution is 5.91. The number of amides is 1. The summed E-state index contributed by atoms with van der Waals surface area (Å²) in [5.41, 5.74) is 1.89. The minimum atomic E-state index is -4.36. The van der Waals surface area contributed by atoms with E-state index in [0.29, 0.717) is 23.3 Å². The van der Waals surface area contributed by atoms with Gasteiger partial charge in [-0.15, -0.1) is 0 Å². The van der Waals surface area contributed by atoms with Crippen LogP contribution in [0.25, 0.3) is 6.08 Å². The first-order valence-electron chi connectivity index (χ1n) is 12.2. The molecule has 0 aromatic heterocycles. The zero-order valence-corrected chi connectivity index (χ0v) is 20.5. The zero-order valence-electron chi connectivity index (χ0n) is 20.5. The molecule has 0 saturated carbocycles. The van der Waals surface area contributed by atoms with Gasteiger partial charge in [0.2, 0.25) is 5.91 Å². The number of nitrogens with one attached hydrogen (secondary N) is 1. The highest BCUT2D eigenvalue weighted by Gasteiger charge is 2.64. The van der Waals surface area contributed by atoms with Crippen molar-refractivity contribution in [3.8, 4) is 11.5 Å². The van der Waals surface area contributed by atoms with E-state index >= 15 is 0 Å². The van der Waals surface area contributed by atoms with Crippen LogP contribution in [0.5, 0.6) is 11.5 Å². The fourth-order valence-corrected chi connectivity index (χ4v) is 6.31. The maximum absolute atomic E-state index is 12.3. The van der Waals surface area contributed by atoms with Gasteiger partial charge in [0.25, 0.3) is 0 Å². The quantitative estimate of drug-likeness (QED) is 0.421. The predicted molar refractivity (Wildman–Crippen MR) is 132 cm³/mol. The van der Waals surface area contributed by atoms with Crippen molar-refractivity contribution in [2.45, 2.75) is 42.7 Å². The number of rotatable bonds is 2. The second-order valence-electron chi connectivity index (χ2n) is 10.0. The van der Waals surface area contributed by atoms with Crippen molar-refractivity contribution in [3.05, 3.63) is 76.9 Å². The van der Waals surface area contributed by atoms with Crippen LogP contribution in [0, 0.1) is 5.92 Å². The molecule has 196 valence electrons. The molecule has 2 bridgehead atoms. The maximum Gasteiger partial charge on any atom is 0.416 e. The molecule has 1 fully saturated rings. The lowest BCUT2D eigenvalue weighted by Gasteiger charge is -2.56. The van der Waals surface area contributed by atoms with E-state index in [-0.39, 0.29) is 23.2 Å². The second kappa shape index (κ2) is 9.22. The summed E-state index contributed by atoms with van der Waals surface area (Å²) >= 11 is 0. The van der Waals surface area contributed by atoms with Crippen LogP contribution in [0.4, 0.5) is 13.2 Å². The van der Waals surface area contributed by atoms with Crippen LogP contribution < -0.4 is 10.1 Å². The number of aliphatic hydroxyl groups excluding tert-OH is 1. The van der Waals surface area contributed by atoms with Crippen LogP contribution >= 0.6 is 0 Å². The van der Waals surface area contributed by atoms with Crippen LogP contribution in [0.2, 0.25) is 0 Å². The molecule has 4 aliphatic rings. The highest BCUT2D eigenvalue weighted by Crippen LogP contribution is 2.62. The van der Waals surface area contributed by atoms with Crippen molar-refractivity contribution in [3.63, 3.8) is 0 Å². The first-order valence-corrected chi connectivity index (χ1v) is 12.2. The van der Waals surface area contributed by atoms with Crippen LogP contribution in [0.15, 0.2) is 54.6 Å². The summed E-state index contributed by atoms with van der Waals surface area (Å²) in [5.74, 6) is 0.826. The molecular weight excluding hydrogens is 485 g/mol. The van der Waals surface area contributed by atoms with Gasteiger partial charge in [-0.1, -0.05) is 30.4 Å². The Morgan fingerprint density at radius 3 is 2.76 bits per heavy atom. The van der Waals surface area contributed by atoms with Crippen LogP contribution in [-0.4, -0.2) is 59.9 Å². The summed E-state index contributed by atoms with van der Waals surface area (Å²) in [6, 6.07) is 8.99. The first-order chi connectivity index (χ1) is 17.6. The third-order valence-corrected chi connectivity index (χ3v) is 8.04.